The van der Waals surface area contributed by atoms with Crippen molar-refractivity contribution in [2.45, 2.75) is 31.7 Å². The zero-order chi connectivity index (χ0) is 22.9. The Kier molecular flexibility index (Phi) is 8.31. The monoisotopic (exact) mass is 462 g/mol. The number of hydrogen-bond donors (Lipinski definition) is 0. The fourth-order valence-corrected chi connectivity index (χ4v) is 4.08. The summed E-state index contributed by atoms with van der Waals surface area (Å²) in [4.78, 5) is 12.0. The molecule has 1 fully saturated rings. The number of benzene rings is 3. The molecule has 3 aromatic carbocycles. The number of rotatable bonds is 8. The summed E-state index contributed by atoms with van der Waals surface area (Å²) in [6, 6.07) is 26.9. The lowest BCUT2D eigenvalue weighted by atomic mass is 9.92. The van der Waals surface area contributed by atoms with Gasteiger partial charge in [0.2, 0.25) is 0 Å². The fourth-order valence-electron chi connectivity index (χ4n) is 3.86. The zero-order valence-corrected chi connectivity index (χ0v) is 19.1. The molecule has 0 bridgehead atoms. The SMILES string of the molecule is O=C(CC/C=C\CC1COC(c2ccccc2Cl)OC1c1ccccc1)Oc1ccccc1. The smallest absolute Gasteiger partial charge is 0.311 e. The molecule has 3 aromatic rings. The standard InChI is InChI=1S/C28H27ClO4/c29-25-18-11-10-17-24(25)28-31-20-22(27(33-28)21-12-4-1-5-13-21)14-6-2-9-19-26(30)32-23-15-7-3-8-16-23/h1-8,10-13,15-18,22,27-28H,9,14,19-20H2/b6-2-. The molecule has 0 aliphatic carbocycles. The summed E-state index contributed by atoms with van der Waals surface area (Å²) in [5.74, 6) is 0.486. The molecule has 1 heterocycles. The Labute approximate surface area is 199 Å². The van der Waals surface area contributed by atoms with Gasteiger partial charge in [0.15, 0.2) is 6.29 Å². The van der Waals surface area contributed by atoms with Crippen molar-refractivity contribution in [3.8, 4) is 5.75 Å². The second-order valence-corrected chi connectivity index (χ2v) is 8.35. The first-order chi connectivity index (χ1) is 16.2. The van der Waals surface area contributed by atoms with Gasteiger partial charge < -0.3 is 14.2 Å². The first-order valence-corrected chi connectivity index (χ1v) is 11.6. The highest BCUT2D eigenvalue weighted by Gasteiger charge is 2.33. The van der Waals surface area contributed by atoms with Crippen LogP contribution in [0.4, 0.5) is 0 Å². The molecule has 33 heavy (non-hydrogen) atoms. The predicted octanol–water partition coefficient (Wildman–Crippen LogP) is 7.08. The molecule has 1 aliphatic heterocycles. The number of para-hydroxylation sites is 1. The van der Waals surface area contributed by atoms with E-state index in [2.05, 4.69) is 18.2 Å². The summed E-state index contributed by atoms with van der Waals surface area (Å²) in [5.41, 5.74) is 1.95. The molecule has 0 N–H and O–H groups in total. The van der Waals surface area contributed by atoms with Gasteiger partial charge in [0.25, 0.3) is 0 Å². The van der Waals surface area contributed by atoms with Crippen molar-refractivity contribution in [3.05, 3.63) is 113 Å². The summed E-state index contributed by atoms with van der Waals surface area (Å²) < 4.78 is 17.8. The maximum absolute atomic E-state index is 12.0. The molecule has 0 spiro atoms. The average molecular weight is 463 g/mol. The van der Waals surface area contributed by atoms with Crippen molar-refractivity contribution in [3.63, 3.8) is 0 Å². The molecule has 170 valence electrons. The van der Waals surface area contributed by atoms with E-state index in [0.717, 1.165) is 17.5 Å². The van der Waals surface area contributed by atoms with E-state index in [9.17, 15) is 4.79 Å². The number of ether oxygens (including phenoxy) is 3. The molecule has 1 aliphatic rings. The molecule has 0 amide bonds. The van der Waals surface area contributed by atoms with E-state index in [1.165, 1.54) is 0 Å². The Morgan fingerprint density at radius 1 is 0.939 bits per heavy atom. The minimum absolute atomic E-state index is 0.117. The summed E-state index contributed by atoms with van der Waals surface area (Å²) in [5, 5.41) is 0.634. The van der Waals surface area contributed by atoms with Crippen LogP contribution in [0, 0.1) is 5.92 Å². The van der Waals surface area contributed by atoms with E-state index in [4.69, 9.17) is 25.8 Å². The Morgan fingerprint density at radius 3 is 2.39 bits per heavy atom. The highest BCUT2D eigenvalue weighted by Crippen LogP contribution is 2.41. The van der Waals surface area contributed by atoms with E-state index in [1.807, 2.05) is 66.7 Å². The molecule has 0 saturated carbocycles. The van der Waals surface area contributed by atoms with Crippen LogP contribution in [0.3, 0.4) is 0 Å². The fraction of sp³-hybridized carbons (Fsp3) is 0.250. The van der Waals surface area contributed by atoms with Gasteiger partial charge in [-0.05, 0) is 36.6 Å². The Bertz CT molecular complexity index is 1050. The van der Waals surface area contributed by atoms with Crippen LogP contribution in [0.15, 0.2) is 97.1 Å². The third-order valence-electron chi connectivity index (χ3n) is 5.54. The molecule has 3 unspecified atom stereocenters. The van der Waals surface area contributed by atoms with Gasteiger partial charge >= 0.3 is 5.97 Å². The summed E-state index contributed by atoms with van der Waals surface area (Å²) in [6.07, 6.45) is 5.24. The van der Waals surface area contributed by atoms with Crippen LogP contribution in [0.1, 0.15) is 42.8 Å². The molecule has 4 nitrogen and oxygen atoms in total. The van der Waals surface area contributed by atoms with Crippen LogP contribution >= 0.6 is 11.6 Å². The number of hydrogen-bond acceptors (Lipinski definition) is 4. The van der Waals surface area contributed by atoms with Crippen LogP contribution < -0.4 is 4.74 Å². The topological polar surface area (TPSA) is 44.8 Å². The molecular formula is C28H27ClO4. The number of esters is 1. The summed E-state index contributed by atoms with van der Waals surface area (Å²) in [6.45, 7) is 0.551. The highest BCUT2D eigenvalue weighted by molar-refractivity contribution is 6.31. The normalized spacial score (nSPS) is 20.6. The lowest BCUT2D eigenvalue weighted by Gasteiger charge is -2.37. The van der Waals surface area contributed by atoms with Crippen LogP contribution in [-0.4, -0.2) is 12.6 Å². The molecule has 5 heteroatoms. The molecule has 4 rings (SSSR count). The van der Waals surface area contributed by atoms with Gasteiger partial charge in [-0.15, -0.1) is 0 Å². The maximum atomic E-state index is 12.0. The number of carbonyl (C=O) groups excluding carboxylic acids is 1. The van der Waals surface area contributed by atoms with Gasteiger partial charge in [-0.3, -0.25) is 4.79 Å². The van der Waals surface area contributed by atoms with Crippen molar-refractivity contribution in [2.75, 3.05) is 6.61 Å². The third kappa shape index (κ3) is 6.55. The lowest BCUT2D eigenvalue weighted by molar-refractivity contribution is -0.243. The van der Waals surface area contributed by atoms with Gasteiger partial charge in [-0.25, -0.2) is 0 Å². The van der Waals surface area contributed by atoms with E-state index in [0.29, 0.717) is 30.2 Å². The molecule has 0 radical (unpaired) electrons. The number of carbonyl (C=O) groups is 1. The second-order valence-electron chi connectivity index (χ2n) is 7.95. The lowest BCUT2D eigenvalue weighted by Crippen LogP contribution is -2.30. The maximum Gasteiger partial charge on any atom is 0.311 e. The Hall–Kier alpha value is -2.92. The second kappa shape index (κ2) is 11.8. The largest absolute Gasteiger partial charge is 0.427 e. The van der Waals surface area contributed by atoms with E-state index in [-0.39, 0.29) is 18.0 Å². The van der Waals surface area contributed by atoms with Crippen LogP contribution in [0.25, 0.3) is 0 Å². The zero-order valence-electron chi connectivity index (χ0n) is 18.3. The van der Waals surface area contributed by atoms with Gasteiger partial charge in [0.05, 0.1) is 12.7 Å². The molecule has 0 aromatic heterocycles. The number of allylic oxidation sites excluding steroid dienone is 2. The minimum Gasteiger partial charge on any atom is -0.427 e. The predicted molar refractivity (Wildman–Crippen MR) is 129 cm³/mol. The van der Waals surface area contributed by atoms with Crippen LogP contribution in [0.5, 0.6) is 5.75 Å². The van der Waals surface area contributed by atoms with Gasteiger partial charge in [-0.1, -0.05) is 90.5 Å². The van der Waals surface area contributed by atoms with Crippen LogP contribution in [-0.2, 0) is 14.3 Å². The number of halogens is 1. The minimum atomic E-state index is -0.503. The first-order valence-electron chi connectivity index (χ1n) is 11.2. The summed E-state index contributed by atoms with van der Waals surface area (Å²) in [7, 11) is 0. The van der Waals surface area contributed by atoms with Gasteiger partial charge in [0, 0.05) is 22.9 Å². The van der Waals surface area contributed by atoms with E-state index < -0.39 is 6.29 Å². The quantitative estimate of drug-likeness (QED) is 0.204. The first kappa shape index (κ1) is 23.2. The van der Waals surface area contributed by atoms with Gasteiger partial charge in [0.1, 0.15) is 5.75 Å². The average Bonchev–Trinajstić information content (AvgIpc) is 2.85. The van der Waals surface area contributed by atoms with Crippen LogP contribution in [0.2, 0.25) is 5.02 Å². The third-order valence-corrected chi connectivity index (χ3v) is 5.89. The highest BCUT2D eigenvalue weighted by atomic mass is 35.5. The van der Waals surface area contributed by atoms with Crippen molar-refractivity contribution < 1.29 is 19.0 Å². The van der Waals surface area contributed by atoms with Crippen molar-refractivity contribution in [2.24, 2.45) is 5.92 Å². The molecular weight excluding hydrogens is 436 g/mol. The van der Waals surface area contributed by atoms with Crippen molar-refractivity contribution in [1.82, 2.24) is 0 Å². The van der Waals surface area contributed by atoms with Gasteiger partial charge in [-0.2, -0.15) is 0 Å². The van der Waals surface area contributed by atoms with Crippen molar-refractivity contribution >= 4 is 17.6 Å². The van der Waals surface area contributed by atoms with E-state index >= 15 is 0 Å². The summed E-state index contributed by atoms with van der Waals surface area (Å²) >= 11 is 6.37. The molecule has 1 saturated heterocycles. The molecule has 3 atom stereocenters. The van der Waals surface area contributed by atoms with Crippen molar-refractivity contribution in [1.29, 1.82) is 0 Å². The Balaban J connectivity index is 1.34. The van der Waals surface area contributed by atoms with E-state index in [1.54, 1.807) is 12.1 Å². The Morgan fingerprint density at radius 2 is 1.64 bits per heavy atom.